The summed E-state index contributed by atoms with van der Waals surface area (Å²) in [5.41, 5.74) is -0.409. The summed E-state index contributed by atoms with van der Waals surface area (Å²) in [6.07, 6.45) is 0.538. The van der Waals surface area contributed by atoms with Crippen LogP contribution in [-0.2, 0) is 4.79 Å². The fraction of sp³-hybridized carbons (Fsp3) is 0.222. The van der Waals surface area contributed by atoms with Crippen LogP contribution in [0.3, 0.4) is 0 Å². The van der Waals surface area contributed by atoms with Crippen LogP contribution in [0.1, 0.15) is 23.7 Å². The van der Waals surface area contributed by atoms with E-state index in [0.29, 0.717) is 12.5 Å². The molecule has 0 spiro atoms. The minimum Gasteiger partial charge on any atom is -0.329 e. The molecule has 0 saturated heterocycles. The molecule has 0 aliphatic heterocycles. The number of nitrogens with one attached hydrogen (secondary N) is 1. The minimum atomic E-state index is -1.69. The SMILES string of the molecule is CCCN(CC(=O)Nc1ccc(F)c(F)c1F)C(=O)c1cccc(Cl)c1Cl. The average Bonchev–Trinajstić information content (AvgIpc) is 2.63. The molecule has 0 saturated carbocycles. The molecule has 27 heavy (non-hydrogen) atoms. The fourth-order valence-electron chi connectivity index (χ4n) is 2.35. The Labute approximate surface area is 163 Å². The Morgan fingerprint density at radius 1 is 1.07 bits per heavy atom. The van der Waals surface area contributed by atoms with Crippen molar-refractivity contribution in [1.82, 2.24) is 4.90 Å². The molecule has 0 aromatic heterocycles. The molecule has 0 atom stereocenters. The normalized spacial score (nSPS) is 10.6. The van der Waals surface area contributed by atoms with Crippen LogP contribution in [0.5, 0.6) is 0 Å². The Balaban J connectivity index is 2.18. The summed E-state index contributed by atoms with van der Waals surface area (Å²) in [5, 5.41) is 2.37. The zero-order valence-corrected chi connectivity index (χ0v) is 15.7. The van der Waals surface area contributed by atoms with Gasteiger partial charge in [0, 0.05) is 6.54 Å². The number of halogens is 5. The molecule has 2 amide bonds. The van der Waals surface area contributed by atoms with Crippen molar-refractivity contribution in [3.8, 4) is 0 Å². The van der Waals surface area contributed by atoms with Crippen molar-refractivity contribution in [3.63, 3.8) is 0 Å². The Morgan fingerprint density at radius 2 is 1.78 bits per heavy atom. The second-order valence-electron chi connectivity index (χ2n) is 5.60. The molecule has 0 fully saturated rings. The van der Waals surface area contributed by atoms with Gasteiger partial charge in [0.2, 0.25) is 5.91 Å². The number of nitrogens with zero attached hydrogens (tertiary/aromatic N) is 1. The Bertz CT molecular complexity index is 878. The molecule has 0 aliphatic carbocycles. The first kappa shape index (κ1) is 21.1. The van der Waals surface area contributed by atoms with Crippen LogP contribution in [0.15, 0.2) is 30.3 Å². The van der Waals surface area contributed by atoms with Gasteiger partial charge in [0.05, 0.1) is 21.3 Å². The summed E-state index contributed by atoms with van der Waals surface area (Å²) in [6.45, 7) is 1.58. The summed E-state index contributed by atoms with van der Waals surface area (Å²) in [5.74, 6) is -5.90. The van der Waals surface area contributed by atoms with Gasteiger partial charge in [-0.1, -0.05) is 36.2 Å². The Kier molecular flexibility index (Phi) is 7.10. The van der Waals surface area contributed by atoms with Gasteiger partial charge in [0.1, 0.15) is 6.54 Å². The fourth-order valence-corrected chi connectivity index (χ4v) is 2.73. The third-order valence-corrected chi connectivity index (χ3v) is 4.43. The molecule has 0 radical (unpaired) electrons. The topological polar surface area (TPSA) is 49.4 Å². The van der Waals surface area contributed by atoms with Crippen molar-refractivity contribution in [2.24, 2.45) is 0 Å². The lowest BCUT2D eigenvalue weighted by atomic mass is 10.2. The van der Waals surface area contributed by atoms with E-state index in [0.717, 1.165) is 6.07 Å². The maximum Gasteiger partial charge on any atom is 0.255 e. The van der Waals surface area contributed by atoms with Crippen molar-refractivity contribution >= 4 is 40.7 Å². The summed E-state index contributed by atoms with van der Waals surface area (Å²) in [6, 6.07) is 6.11. The summed E-state index contributed by atoms with van der Waals surface area (Å²) >= 11 is 12.0. The molecule has 0 aliphatic rings. The number of amides is 2. The van der Waals surface area contributed by atoms with E-state index < -0.39 is 41.5 Å². The first-order valence-electron chi connectivity index (χ1n) is 7.92. The maximum atomic E-state index is 13.7. The van der Waals surface area contributed by atoms with E-state index in [9.17, 15) is 22.8 Å². The molecule has 2 aromatic carbocycles. The van der Waals surface area contributed by atoms with E-state index >= 15 is 0 Å². The predicted molar refractivity (Wildman–Crippen MR) is 97.6 cm³/mol. The van der Waals surface area contributed by atoms with Crippen molar-refractivity contribution in [2.75, 3.05) is 18.4 Å². The molecule has 2 rings (SSSR count). The lowest BCUT2D eigenvalue weighted by Gasteiger charge is -2.22. The monoisotopic (exact) mass is 418 g/mol. The van der Waals surface area contributed by atoms with Gasteiger partial charge in [-0.3, -0.25) is 9.59 Å². The second kappa shape index (κ2) is 9.10. The lowest BCUT2D eigenvalue weighted by Crippen LogP contribution is -2.38. The van der Waals surface area contributed by atoms with E-state index in [4.69, 9.17) is 23.2 Å². The van der Waals surface area contributed by atoms with E-state index in [1.54, 1.807) is 13.0 Å². The van der Waals surface area contributed by atoms with E-state index in [2.05, 4.69) is 5.32 Å². The van der Waals surface area contributed by atoms with Gasteiger partial charge in [0.15, 0.2) is 17.5 Å². The van der Waals surface area contributed by atoms with Crippen LogP contribution in [0, 0.1) is 17.5 Å². The van der Waals surface area contributed by atoms with Gasteiger partial charge < -0.3 is 10.2 Å². The van der Waals surface area contributed by atoms with Gasteiger partial charge in [0.25, 0.3) is 5.91 Å². The van der Waals surface area contributed by atoms with Gasteiger partial charge in [-0.25, -0.2) is 13.2 Å². The molecule has 9 heteroatoms. The highest BCUT2D eigenvalue weighted by Crippen LogP contribution is 2.26. The van der Waals surface area contributed by atoms with Crippen LogP contribution in [0.2, 0.25) is 10.0 Å². The first-order chi connectivity index (χ1) is 12.8. The van der Waals surface area contributed by atoms with Crippen LogP contribution >= 0.6 is 23.2 Å². The van der Waals surface area contributed by atoms with E-state index in [1.165, 1.54) is 17.0 Å². The molecular formula is C18H15Cl2F3N2O2. The highest BCUT2D eigenvalue weighted by atomic mass is 35.5. The van der Waals surface area contributed by atoms with Crippen LogP contribution in [0.4, 0.5) is 18.9 Å². The van der Waals surface area contributed by atoms with Crippen molar-refractivity contribution in [2.45, 2.75) is 13.3 Å². The smallest absolute Gasteiger partial charge is 0.255 e. The Hall–Kier alpha value is -2.25. The molecule has 1 N–H and O–H groups in total. The van der Waals surface area contributed by atoms with Gasteiger partial charge in [-0.15, -0.1) is 0 Å². The minimum absolute atomic E-state index is 0.0531. The van der Waals surface area contributed by atoms with Gasteiger partial charge in [-0.05, 0) is 30.7 Å². The molecule has 144 valence electrons. The van der Waals surface area contributed by atoms with E-state index in [-0.39, 0.29) is 22.2 Å². The molecular weight excluding hydrogens is 404 g/mol. The number of anilines is 1. The highest BCUT2D eigenvalue weighted by Gasteiger charge is 2.22. The summed E-state index contributed by atoms with van der Waals surface area (Å²) in [7, 11) is 0. The van der Waals surface area contributed by atoms with Gasteiger partial charge in [-0.2, -0.15) is 0 Å². The van der Waals surface area contributed by atoms with Crippen molar-refractivity contribution in [1.29, 1.82) is 0 Å². The van der Waals surface area contributed by atoms with E-state index in [1.807, 2.05) is 0 Å². The number of carbonyl (C=O) groups is 2. The lowest BCUT2D eigenvalue weighted by molar-refractivity contribution is -0.116. The van der Waals surface area contributed by atoms with Crippen molar-refractivity contribution < 1.29 is 22.8 Å². The maximum absolute atomic E-state index is 13.7. The summed E-state index contributed by atoms with van der Waals surface area (Å²) < 4.78 is 39.9. The van der Waals surface area contributed by atoms with Crippen LogP contribution in [0.25, 0.3) is 0 Å². The number of hydrogen-bond donors (Lipinski definition) is 1. The number of rotatable bonds is 6. The number of benzene rings is 2. The van der Waals surface area contributed by atoms with Crippen LogP contribution in [-0.4, -0.2) is 29.8 Å². The zero-order chi connectivity index (χ0) is 20.1. The second-order valence-corrected chi connectivity index (χ2v) is 6.38. The van der Waals surface area contributed by atoms with Gasteiger partial charge >= 0.3 is 0 Å². The molecule has 0 heterocycles. The standard InChI is InChI=1S/C18H15Cl2F3N2O2/c1-2-8-25(18(27)10-4-3-5-11(19)15(10)20)9-14(26)24-13-7-6-12(21)16(22)17(13)23/h3-7H,2,8-9H2,1H3,(H,24,26). The largest absolute Gasteiger partial charge is 0.329 e. The summed E-state index contributed by atoms with van der Waals surface area (Å²) in [4.78, 5) is 26.1. The third-order valence-electron chi connectivity index (χ3n) is 3.61. The molecule has 2 aromatic rings. The Morgan fingerprint density at radius 3 is 2.44 bits per heavy atom. The number of carbonyl (C=O) groups excluding carboxylic acids is 2. The molecule has 0 unspecified atom stereocenters. The van der Waals surface area contributed by atoms with Crippen LogP contribution < -0.4 is 5.32 Å². The first-order valence-corrected chi connectivity index (χ1v) is 8.68. The number of hydrogen-bond acceptors (Lipinski definition) is 2. The average molecular weight is 419 g/mol. The molecule has 0 bridgehead atoms. The highest BCUT2D eigenvalue weighted by molar-refractivity contribution is 6.43. The predicted octanol–water partition coefficient (Wildman–Crippen LogP) is 4.90. The zero-order valence-electron chi connectivity index (χ0n) is 14.2. The van der Waals surface area contributed by atoms with Crippen molar-refractivity contribution in [3.05, 3.63) is 63.4 Å². The quantitative estimate of drug-likeness (QED) is 0.678. The third kappa shape index (κ3) is 4.93. The molecule has 4 nitrogen and oxygen atoms in total.